The number of methoxy groups -OCH3 is 1. The lowest BCUT2D eigenvalue weighted by Gasteiger charge is -2.11. The molecule has 0 saturated heterocycles. The van der Waals surface area contributed by atoms with Gasteiger partial charge in [-0.05, 0) is 0 Å². The molecule has 4 nitrogen and oxygen atoms in total. The molecule has 0 aromatic rings. The minimum Gasteiger partial charge on any atom is -0.468 e. The Morgan fingerprint density at radius 2 is 2.50 bits per heavy atom. The van der Waals surface area contributed by atoms with Crippen molar-refractivity contribution in [2.45, 2.75) is 0 Å². The quantitative estimate of drug-likeness (QED) is 0.212. The zero-order valence-electron chi connectivity index (χ0n) is 5.59. The van der Waals surface area contributed by atoms with Gasteiger partial charge in [0.05, 0.1) is 13.7 Å². The van der Waals surface area contributed by atoms with E-state index in [0.29, 0.717) is 12.4 Å². The Labute approximate surface area is 64.5 Å². The molecule has 0 aliphatic carbocycles. The van der Waals surface area contributed by atoms with E-state index in [9.17, 15) is 0 Å². The SMILES string of the molecule is COC(=N)N(C#N)CCCl. The Kier molecular flexibility index (Phi) is 4.42. The average molecular weight is 162 g/mol. The van der Waals surface area contributed by atoms with Crippen molar-refractivity contribution in [3.8, 4) is 6.19 Å². The summed E-state index contributed by atoms with van der Waals surface area (Å²) in [5.74, 6) is 0.305. The number of hydrogen-bond donors (Lipinski definition) is 1. The van der Waals surface area contributed by atoms with Gasteiger partial charge in [-0.3, -0.25) is 5.41 Å². The van der Waals surface area contributed by atoms with Crippen LogP contribution in [0.4, 0.5) is 0 Å². The Morgan fingerprint density at radius 1 is 1.90 bits per heavy atom. The van der Waals surface area contributed by atoms with E-state index in [0.717, 1.165) is 4.90 Å². The Bertz CT molecular complexity index is 153. The number of halogens is 1. The van der Waals surface area contributed by atoms with E-state index in [2.05, 4.69) is 4.74 Å². The molecular weight excluding hydrogens is 154 g/mol. The van der Waals surface area contributed by atoms with Gasteiger partial charge in [-0.25, -0.2) is 4.90 Å². The molecule has 0 aromatic heterocycles. The van der Waals surface area contributed by atoms with Gasteiger partial charge in [0.25, 0.3) is 6.02 Å². The summed E-state index contributed by atoms with van der Waals surface area (Å²) in [6.45, 7) is 0.310. The first-order valence-electron chi connectivity index (χ1n) is 2.62. The van der Waals surface area contributed by atoms with Crippen molar-refractivity contribution >= 4 is 17.6 Å². The van der Waals surface area contributed by atoms with Gasteiger partial charge < -0.3 is 4.74 Å². The van der Waals surface area contributed by atoms with Crippen molar-refractivity contribution in [1.82, 2.24) is 4.90 Å². The number of alkyl halides is 1. The van der Waals surface area contributed by atoms with Crippen LogP contribution in [0, 0.1) is 16.9 Å². The summed E-state index contributed by atoms with van der Waals surface area (Å²) in [6.07, 6.45) is 1.75. The maximum absolute atomic E-state index is 8.36. The fourth-order valence-electron chi connectivity index (χ4n) is 0.392. The van der Waals surface area contributed by atoms with Crippen LogP contribution in [0.2, 0.25) is 0 Å². The number of nitrogens with zero attached hydrogens (tertiary/aromatic N) is 2. The molecule has 0 aliphatic heterocycles. The molecule has 0 saturated carbocycles. The van der Waals surface area contributed by atoms with E-state index < -0.39 is 0 Å². The zero-order chi connectivity index (χ0) is 7.98. The molecule has 0 rings (SSSR count). The van der Waals surface area contributed by atoms with Crippen molar-refractivity contribution in [3.05, 3.63) is 0 Å². The van der Waals surface area contributed by atoms with Gasteiger partial charge in [0.1, 0.15) is 0 Å². The number of hydrogen-bond acceptors (Lipinski definition) is 3. The molecule has 0 aromatic carbocycles. The number of amidine groups is 1. The summed E-state index contributed by atoms with van der Waals surface area (Å²) in [5.41, 5.74) is 0. The highest BCUT2D eigenvalue weighted by atomic mass is 35.5. The molecule has 0 atom stereocenters. The molecule has 10 heavy (non-hydrogen) atoms. The second-order valence-electron chi connectivity index (χ2n) is 1.45. The number of nitrogens with one attached hydrogen (secondary N) is 1. The molecule has 0 unspecified atom stereocenters. The molecule has 0 spiro atoms. The molecule has 0 amide bonds. The number of nitriles is 1. The normalized spacial score (nSPS) is 8.10. The molecule has 1 N–H and O–H groups in total. The van der Waals surface area contributed by atoms with E-state index in [1.807, 2.05) is 0 Å². The second-order valence-corrected chi connectivity index (χ2v) is 1.83. The van der Waals surface area contributed by atoms with E-state index in [-0.39, 0.29) is 6.02 Å². The average Bonchev–Trinajstić information content (AvgIpc) is 1.99. The zero-order valence-corrected chi connectivity index (χ0v) is 6.35. The maximum Gasteiger partial charge on any atom is 0.297 e. The third-order valence-electron chi connectivity index (χ3n) is 0.867. The second kappa shape index (κ2) is 4.89. The van der Waals surface area contributed by atoms with Crippen molar-refractivity contribution in [3.63, 3.8) is 0 Å². The first kappa shape index (κ1) is 9.05. The predicted octanol–water partition coefficient (Wildman–Crippen LogP) is 0.589. The van der Waals surface area contributed by atoms with E-state index in [1.54, 1.807) is 6.19 Å². The fourth-order valence-corrected chi connectivity index (χ4v) is 0.561. The summed E-state index contributed by atoms with van der Waals surface area (Å²) in [5, 5.41) is 15.4. The van der Waals surface area contributed by atoms with Crippen LogP contribution >= 0.6 is 11.6 Å². The van der Waals surface area contributed by atoms with E-state index >= 15 is 0 Å². The van der Waals surface area contributed by atoms with Crippen LogP contribution in [0.15, 0.2) is 0 Å². The van der Waals surface area contributed by atoms with Gasteiger partial charge in [-0.1, -0.05) is 0 Å². The lowest BCUT2D eigenvalue weighted by atomic mass is 10.6. The highest BCUT2D eigenvalue weighted by Crippen LogP contribution is 1.89. The van der Waals surface area contributed by atoms with Crippen LogP contribution in [0.3, 0.4) is 0 Å². The molecule has 0 bridgehead atoms. The monoisotopic (exact) mass is 161 g/mol. The van der Waals surface area contributed by atoms with Crippen molar-refractivity contribution < 1.29 is 4.74 Å². The van der Waals surface area contributed by atoms with Gasteiger partial charge in [-0.2, -0.15) is 5.26 Å². The largest absolute Gasteiger partial charge is 0.468 e. The lowest BCUT2D eigenvalue weighted by molar-refractivity contribution is 0.329. The first-order valence-corrected chi connectivity index (χ1v) is 3.15. The van der Waals surface area contributed by atoms with Crippen LogP contribution in [0.25, 0.3) is 0 Å². The molecule has 0 radical (unpaired) electrons. The smallest absolute Gasteiger partial charge is 0.297 e. The minimum atomic E-state index is -0.178. The van der Waals surface area contributed by atoms with Crippen LogP contribution in [-0.2, 0) is 4.74 Å². The third kappa shape index (κ3) is 2.55. The van der Waals surface area contributed by atoms with Crippen LogP contribution < -0.4 is 0 Å². The van der Waals surface area contributed by atoms with Gasteiger partial charge in [-0.15, -0.1) is 11.6 Å². The minimum absolute atomic E-state index is 0.178. The van der Waals surface area contributed by atoms with E-state index in [1.165, 1.54) is 7.11 Å². The number of rotatable bonds is 2. The molecule has 56 valence electrons. The van der Waals surface area contributed by atoms with Crippen LogP contribution in [0.5, 0.6) is 0 Å². The maximum atomic E-state index is 8.36. The Morgan fingerprint density at radius 3 is 2.80 bits per heavy atom. The first-order chi connectivity index (χ1) is 4.76. The van der Waals surface area contributed by atoms with Gasteiger partial charge >= 0.3 is 0 Å². The molecular formula is C5H8ClN3O. The van der Waals surface area contributed by atoms with Gasteiger partial charge in [0.15, 0.2) is 6.19 Å². The third-order valence-corrected chi connectivity index (χ3v) is 1.04. The van der Waals surface area contributed by atoms with Crippen LogP contribution in [0.1, 0.15) is 0 Å². The number of ether oxygens (including phenoxy) is 1. The lowest BCUT2D eigenvalue weighted by Crippen LogP contribution is -2.28. The highest BCUT2D eigenvalue weighted by Gasteiger charge is 2.06. The fraction of sp³-hybridized carbons (Fsp3) is 0.600. The van der Waals surface area contributed by atoms with Crippen molar-refractivity contribution in [2.75, 3.05) is 19.5 Å². The summed E-state index contributed by atoms with van der Waals surface area (Å²) >= 11 is 5.33. The molecule has 0 heterocycles. The topological polar surface area (TPSA) is 60.1 Å². The van der Waals surface area contributed by atoms with Gasteiger partial charge in [0.2, 0.25) is 0 Å². The predicted molar refractivity (Wildman–Crippen MR) is 37.8 cm³/mol. The van der Waals surface area contributed by atoms with Crippen molar-refractivity contribution in [1.29, 1.82) is 10.7 Å². The summed E-state index contributed by atoms with van der Waals surface area (Å²) in [6, 6.07) is -0.178. The summed E-state index contributed by atoms with van der Waals surface area (Å²) in [4.78, 5) is 1.06. The standard InChI is InChI=1S/C5H8ClN3O/c1-10-5(8)9(4-7)3-2-6/h8H,2-3H2,1H3. The molecule has 0 fully saturated rings. The van der Waals surface area contributed by atoms with E-state index in [4.69, 9.17) is 22.3 Å². The Balaban J connectivity index is 3.84. The van der Waals surface area contributed by atoms with Crippen molar-refractivity contribution in [2.24, 2.45) is 0 Å². The molecule has 0 aliphatic rings. The summed E-state index contributed by atoms with van der Waals surface area (Å²) in [7, 11) is 1.33. The van der Waals surface area contributed by atoms with Crippen LogP contribution in [-0.4, -0.2) is 30.5 Å². The van der Waals surface area contributed by atoms with Gasteiger partial charge in [0, 0.05) is 5.88 Å². The summed E-state index contributed by atoms with van der Waals surface area (Å²) < 4.78 is 4.48. The molecule has 5 heteroatoms. The Hall–Kier alpha value is -0.950. The highest BCUT2D eigenvalue weighted by molar-refractivity contribution is 6.18.